The third-order valence-corrected chi connectivity index (χ3v) is 4.27. The van der Waals surface area contributed by atoms with Crippen LogP contribution in [-0.2, 0) is 0 Å². The Morgan fingerprint density at radius 2 is 2.05 bits per heavy atom. The average molecular weight is 299 g/mol. The lowest BCUT2D eigenvalue weighted by Gasteiger charge is -2.36. The molecule has 0 spiro atoms. The second-order valence-corrected chi connectivity index (χ2v) is 5.49. The second-order valence-electron chi connectivity index (χ2n) is 5.49. The fourth-order valence-corrected chi connectivity index (χ4v) is 2.95. The molecular weight excluding hydrogens is 272 g/mol. The van der Waals surface area contributed by atoms with E-state index < -0.39 is 0 Å². The van der Waals surface area contributed by atoms with Crippen LogP contribution >= 0.6 is 12.4 Å². The summed E-state index contributed by atoms with van der Waals surface area (Å²) in [4.78, 5) is 2.58. The van der Waals surface area contributed by atoms with E-state index in [1.807, 2.05) is 13.1 Å². The van der Waals surface area contributed by atoms with E-state index in [9.17, 15) is 0 Å². The maximum Gasteiger partial charge on any atom is 0.119 e. The topological polar surface area (TPSA) is 24.5 Å². The minimum Gasteiger partial charge on any atom is -0.497 e. The van der Waals surface area contributed by atoms with E-state index in [-0.39, 0.29) is 12.4 Å². The van der Waals surface area contributed by atoms with Gasteiger partial charge in [0.15, 0.2) is 0 Å². The zero-order valence-corrected chi connectivity index (χ0v) is 13.6. The number of halogens is 1. The highest BCUT2D eigenvalue weighted by atomic mass is 35.5. The standard InChI is InChI=1S/C16H26N2O.ClH/c1-13(15-5-4-6-16(11-15)19-3)18-9-7-14(8-10-18)12-17-2;/h4-6,11,13-14,17H,7-10,12H2,1-3H3;1H. The van der Waals surface area contributed by atoms with Crippen molar-refractivity contribution in [2.45, 2.75) is 25.8 Å². The van der Waals surface area contributed by atoms with Gasteiger partial charge >= 0.3 is 0 Å². The van der Waals surface area contributed by atoms with Crippen LogP contribution in [0.1, 0.15) is 31.4 Å². The van der Waals surface area contributed by atoms with Crippen LogP contribution in [0.3, 0.4) is 0 Å². The molecule has 20 heavy (non-hydrogen) atoms. The minimum absolute atomic E-state index is 0. The highest BCUT2D eigenvalue weighted by Crippen LogP contribution is 2.28. The van der Waals surface area contributed by atoms with Gasteiger partial charge in [-0.05, 0) is 70.1 Å². The molecule has 0 aliphatic carbocycles. The number of nitrogens with one attached hydrogen (secondary N) is 1. The molecule has 0 amide bonds. The maximum absolute atomic E-state index is 5.31. The lowest BCUT2D eigenvalue weighted by molar-refractivity contribution is 0.141. The molecule has 3 nitrogen and oxygen atoms in total. The number of piperidine rings is 1. The summed E-state index contributed by atoms with van der Waals surface area (Å²) in [5.41, 5.74) is 1.35. The van der Waals surface area contributed by atoms with E-state index in [2.05, 4.69) is 35.3 Å². The molecule has 1 aliphatic heterocycles. The van der Waals surface area contributed by atoms with Gasteiger partial charge in [-0.25, -0.2) is 0 Å². The lowest BCUT2D eigenvalue weighted by Crippen LogP contribution is -2.38. The SMILES string of the molecule is CNCC1CCN(C(C)c2cccc(OC)c2)CC1.Cl. The monoisotopic (exact) mass is 298 g/mol. The number of hydrogen-bond donors (Lipinski definition) is 1. The lowest BCUT2D eigenvalue weighted by atomic mass is 9.94. The summed E-state index contributed by atoms with van der Waals surface area (Å²) < 4.78 is 5.31. The molecule has 1 N–H and O–H groups in total. The molecule has 1 aliphatic rings. The van der Waals surface area contributed by atoms with Gasteiger partial charge in [-0.1, -0.05) is 12.1 Å². The second kappa shape index (κ2) is 8.50. The van der Waals surface area contributed by atoms with Crippen LogP contribution < -0.4 is 10.1 Å². The summed E-state index contributed by atoms with van der Waals surface area (Å²) in [6.07, 6.45) is 2.60. The van der Waals surface area contributed by atoms with Gasteiger partial charge in [-0.15, -0.1) is 12.4 Å². The molecule has 1 atom stereocenters. The fraction of sp³-hybridized carbons (Fsp3) is 0.625. The summed E-state index contributed by atoms with van der Waals surface area (Å²) in [5, 5.41) is 3.29. The van der Waals surface area contributed by atoms with Crippen LogP contribution in [0.25, 0.3) is 0 Å². The first-order valence-electron chi connectivity index (χ1n) is 7.27. The van der Waals surface area contributed by atoms with E-state index >= 15 is 0 Å². The predicted octanol–water partition coefficient (Wildman–Crippen LogP) is 3.11. The number of benzene rings is 1. The van der Waals surface area contributed by atoms with Gasteiger partial charge in [0.25, 0.3) is 0 Å². The van der Waals surface area contributed by atoms with Gasteiger partial charge in [-0.2, -0.15) is 0 Å². The van der Waals surface area contributed by atoms with Gasteiger partial charge in [0, 0.05) is 6.04 Å². The molecular formula is C16H27ClN2O. The molecule has 0 saturated carbocycles. The molecule has 2 rings (SSSR count). The normalized spacial score (nSPS) is 18.4. The number of hydrogen-bond acceptors (Lipinski definition) is 3. The highest BCUT2D eigenvalue weighted by Gasteiger charge is 2.23. The van der Waals surface area contributed by atoms with E-state index in [1.54, 1.807) is 7.11 Å². The van der Waals surface area contributed by atoms with Crippen LogP contribution in [-0.4, -0.2) is 38.7 Å². The molecule has 0 aromatic heterocycles. The van der Waals surface area contributed by atoms with Gasteiger partial charge in [-0.3, -0.25) is 4.90 Å². The molecule has 0 bridgehead atoms. The van der Waals surface area contributed by atoms with Gasteiger partial charge in [0.2, 0.25) is 0 Å². The summed E-state index contributed by atoms with van der Waals surface area (Å²) in [5.74, 6) is 1.80. The number of methoxy groups -OCH3 is 1. The van der Waals surface area contributed by atoms with Crippen molar-refractivity contribution in [3.8, 4) is 5.75 Å². The van der Waals surface area contributed by atoms with Gasteiger partial charge in [0.1, 0.15) is 5.75 Å². The number of ether oxygens (including phenoxy) is 1. The third kappa shape index (κ3) is 4.37. The zero-order chi connectivity index (χ0) is 13.7. The molecule has 1 saturated heterocycles. The molecule has 1 aromatic carbocycles. The Balaban J connectivity index is 0.00000200. The Labute approximate surface area is 129 Å². The number of rotatable bonds is 5. The molecule has 1 aromatic rings. The third-order valence-electron chi connectivity index (χ3n) is 4.27. The predicted molar refractivity (Wildman–Crippen MR) is 86.9 cm³/mol. The highest BCUT2D eigenvalue weighted by molar-refractivity contribution is 5.85. The summed E-state index contributed by atoms with van der Waals surface area (Å²) in [6.45, 7) is 5.85. The van der Waals surface area contributed by atoms with Crippen molar-refractivity contribution in [3.63, 3.8) is 0 Å². The Bertz CT molecular complexity index is 392. The molecule has 114 valence electrons. The van der Waals surface area contributed by atoms with Crippen LogP contribution in [0.5, 0.6) is 5.75 Å². The smallest absolute Gasteiger partial charge is 0.119 e. The van der Waals surface area contributed by atoms with Gasteiger partial charge < -0.3 is 10.1 Å². The van der Waals surface area contributed by atoms with Crippen LogP contribution in [0.2, 0.25) is 0 Å². The van der Waals surface area contributed by atoms with Crippen molar-refractivity contribution >= 4 is 12.4 Å². The Morgan fingerprint density at radius 3 is 2.65 bits per heavy atom. The van der Waals surface area contributed by atoms with E-state index in [1.165, 1.54) is 31.5 Å². The number of likely N-dealkylation sites (tertiary alicyclic amines) is 1. The first-order valence-corrected chi connectivity index (χ1v) is 7.27. The molecule has 4 heteroatoms. The minimum atomic E-state index is 0. The van der Waals surface area contributed by atoms with Crippen molar-refractivity contribution in [3.05, 3.63) is 29.8 Å². The molecule has 0 radical (unpaired) electrons. The molecule has 1 fully saturated rings. The number of nitrogens with zero attached hydrogens (tertiary/aromatic N) is 1. The quantitative estimate of drug-likeness (QED) is 0.904. The Kier molecular flexibility index (Phi) is 7.35. The summed E-state index contributed by atoms with van der Waals surface area (Å²) in [6, 6.07) is 8.93. The summed E-state index contributed by atoms with van der Waals surface area (Å²) in [7, 11) is 3.78. The van der Waals surface area contributed by atoms with Crippen molar-refractivity contribution in [1.82, 2.24) is 10.2 Å². The first kappa shape index (κ1) is 17.3. The molecule has 1 unspecified atom stereocenters. The first-order chi connectivity index (χ1) is 9.24. The van der Waals surface area contributed by atoms with Crippen molar-refractivity contribution in [1.29, 1.82) is 0 Å². The zero-order valence-electron chi connectivity index (χ0n) is 12.8. The average Bonchev–Trinajstić information content (AvgIpc) is 2.48. The van der Waals surface area contributed by atoms with Gasteiger partial charge in [0.05, 0.1) is 7.11 Å². The van der Waals surface area contributed by atoms with Crippen molar-refractivity contribution in [2.75, 3.05) is 33.8 Å². The Morgan fingerprint density at radius 1 is 1.35 bits per heavy atom. The van der Waals surface area contributed by atoms with Crippen molar-refractivity contribution < 1.29 is 4.74 Å². The van der Waals surface area contributed by atoms with Crippen molar-refractivity contribution in [2.24, 2.45) is 5.92 Å². The fourth-order valence-electron chi connectivity index (χ4n) is 2.95. The van der Waals surface area contributed by atoms with E-state index in [4.69, 9.17) is 4.74 Å². The maximum atomic E-state index is 5.31. The van der Waals surface area contributed by atoms with E-state index in [0.29, 0.717) is 6.04 Å². The van der Waals surface area contributed by atoms with Crippen LogP contribution in [0, 0.1) is 5.92 Å². The van der Waals surface area contributed by atoms with Crippen LogP contribution in [0.15, 0.2) is 24.3 Å². The summed E-state index contributed by atoms with van der Waals surface area (Å²) >= 11 is 0. The van der Waals surface area contributed by atoms with E-state index in [0.717, 1.165) is 18.2 Å². The largest absolute Gasteiger partial charge is 0.497 e. The molecule has 1 heterocycles. The van der Waals surface area contributed by atoms with Crippen LogP contribution in [0.4, 0.5) is 0 Å². The Hall–Kier alpha value is -0.770.